The summed E-state index contributed by atoms with van der Waals surface area (Å²) >= 11 is 0. The molecule has 4 N–H and O–H groups in total. The van der Waals surface area contributed by atoms with Crippen LogP contribution >= 0.6 is 0 Å². The Kier molecular flexibility index (Phi) is 9.29. The maximum absolute atomic E-state index is 15.9. The van der Waals surface area contributed by atoms with Gasteiger partial charge in [-0.3, -0.25) is 19.9 Å². The van der Waals surface area contributed by atoms with Crippen molar-refractivity contribution in [3.05, 3.63) is 65.2 Å². The fraction of sp³-hybridized carbons (Fsp3) is 0.310. The Morgan fingerprint density at radius 2 is 1.81 bits per heavy atom. The largest absolute Gasteiger partial charge is 0.504 e. The monoisotopic (exact) mass is 599 g/mol. The number of hydrogen-bond donors (Lipinski definition) is 3. The summed E-state index contributed by atoms with van der Waals surface area (Å²) in [5.41, 5.74) is 5.90. The fourth-order valence-electron chi connectivity index (χ4n) is 4.40. The van der Waals surface area contributed by atoms with E-state index < -0.39 is 53.0 Å². The Bertz CT molecular complexity index is 1550. The second-order valence-electron chi connectivity index (χ2n) is 9.83. The molecule has 12 nitrogen and oxygen atoms in total. The van der Waals surface area contributed by atoms with Gasteiger partial charge in [-0.1, -0.05) is 6.07 Å². The molecule has 1 saturated heterocycles. The Morgan fingerprint density at radius 3 is 2.47 bits per heavy atom. The van der Waals surface area contributed by atoms with Gasteiger partial charge < -0.3 is 34.7 Å². The van der Waals surface area contributed by atoms with Crippen LogP contribution in [0.5, 0.6) is 34.8 Å². The van der Waals surface area contributed by atoms with Gasteiger partial charge in [0.2, 0.25) is 17.4 Å². The van der Waals surface area contributed by atoms with Gasteiger partial charge in [-0.2, -0.15) is 13.8 Å². The quantitative estimate of drug-likeness (QED) is 0.178. The second kappa shape index (κ2) is 12.9. The molecule has 2 atom stereocenters. The lowest BCUT2D eigenvalue weighted by Gasteiger charge is -2.24. The van der Waals surface area contributed by atoms with Gasteiger partial charge in [-0.05, 0) is 56.8 Å². The van der Waals surface area contributed by atoms with Crippen molar-refractivity contribution < 1.29 is 42.4 Å². The molecule has 1 aliphatic rings. The van der Waals surface area contributed by atoms with Crippen LogP contribution < -0.4 is 19.9 Å². The molecule has 1 amide bonds. The minimum atomic E-state index is -1.38. The van der Waals surface area contributed by atoms with Crippen LogP contribution in [0.1, 0.15) is 29.3 Å². The van der Waals surface area contributed by atoms with E-state index in [2.05, 4.69) is 4.98 Å². The maximum Gasteiger partial charge on any atom is 0.327 e. The van der Waals surface area contributed by atoms with E-state index in [-0.39, 0.29) is 47.4 Å². The molecule has 0 aliphatic carbocycles. The highest BCUT2D eigenvalue weighted by molar-refractivity contribution is 5.95. The van der Waals surface area contributed by atoms with Crippen molar-refractivity contribution in [1.82, 2.24) is 14.8 Å². The zero-order valence-corrected chi connectivity index (χ0v) is 23.9. The summed E-state index contributed by atoms with van der Waals surface area (Å²) in [6, 6.07) is 8.55. The highest BCUT2D eigenvalue weighted by atomic mass is 19.1. The number of carbonyl (C=O) groups excluding carboxylic acids is 2. The van der Waals surface area contributed by atoms with Crippen molar-refractivity contribution in [3.63, 3.8) is 0 Å². The molecule has 0 spiro atoms. The Hall–Kier alpha value is -4.98. The van der Waals surface area contributed by atoms with E-state index >= 15 is 8.78 Å². The first kappa shape index (κ1) is 31.0. The minimum absolute atomic E-state index is 0.00553. The van der Waals surface area contributed by atoms with Crippen LogP contribution in [0, 0.1) is 17.0 Å². The number of nitrogens with zero attached hydrogens (tertiary/aromatic N) is 3. The van der Waals surface area contributed by atoms with Crippen LogP contribution in [-0.4, -0.2) is 84.0 Å². The normalized spacial score (nSPS) is 16.4. The molecule has 0 radical (unpaired) electrons. The molecule has 228 valence electrons. The number of halogens is 2. The number of nitrogens with two attached hydrogens (primary N) is 1. The van der Waals surface area contributed by atoms with Crippen LogP contribution in [0.2, 0.25) is 0 Å². The number of nitrogens with one attached hydrogen (secondary N) is 1. The topological polar surface area (TPSA) is 161 Å². The Labute approximate surface area is 246 Å². The van der Waals surface area contributed by atoms with Crippen LogP contribution in [0.3, 0.4) is 0 Å². The summed E-state index contributed by atoms with van der Waals surface area (Å²) in [4.78, 5) is 31.9. The van der Waals surface area contributed by atoms with Gasteiger partial charge in [0.05, 0.1) is 6.61 Å². The number of amides is 1. The number of likely N-dealkylation sites (N-methyl/N-ethyl adjacent to an activating group) is 1. The Morgan fingerprint density at radius 1 is 1.12 bits per heavy atom. The van der Waals surface area contributed by atoms with Gasteiger partial charge in [-0.15, -0.1) is 0 Å². The third-order valence-electron chi connectivity index (χ3n) is 6.55. The molecule has 1 fully saturated rings. The Balaban J connectivity index is 1.79. The standard InChI is InChI=1S/C29H31F2N5O7/c1-5-40-29(39)23-19(11-12-36(23)4)42-24-21(30)26(41-17-8-6-7-16(13-17)28(38)35(2)3)34-27(22(24)31)43-20-14-15(25(32)33)9-10-18(20)37/h6-10,13-14,19,23,37H,5,11-12H2,1-4H3,(H3,32,33). The second-order valence-corrected chi connectivity index (χ2v) is 9.83. The molecular weight excluding hydrogens is 568 g/mol. The molecule has 1 aliphatic heterocycles. The SMILES string of the molecule is CCOC(=O)C1C(Oc2c(F)c(Oc3cccc(C(=O)N(C)C)c3)nc(Oc3cc(C(=N)N)ccc3O)c2F)CCN1C. The van der Waals surface area contributed by atoms with E-state index in [4.69, 9.17) is 30.1 Å². The van der Waals surface area contributed by atoms with Crippen LogP contribution in [-0.2, 0) is 9.53 Å². The number of phenolic OH excluding ortho intramolecular Hbond substituents is 1. The summed E-state index contributed by atoms with van der Waals surface area (Å²) in [5, 5.41) is 18.0. The van der Waals surface area contributed by atoms with Crippen molar-refractivity contribution in [2.24, 2.45) is 5.73 Å². The number of benzene rings is 2. The average molecular weight is 600 g/mol. The zero-order valence-electron chi connectivity index (χ0n) is 23.9. The van der Waals surface area contributed by atoms with Gasteiger partial charge >= 0.3 is 5.97 Å². The van der Waals surface area contributed by atoms with Crippen LogP contribution in [0.4, 0.5) is 8.78 Å². The predicted molar refractivity (Wildman–Crippen MR) is 150 cm³/mol. The fourth-order valence-corrected chi connectivity index (χ4v) is 4.40. The van der Waals surface area contributed by atoms with Gasteiger partial charge in [0, 0.05) is 31.8 Å². The number of hydrogen-bond acceptors (Lipinski definition) is 10. The lowest BCUT2D eigenvalue weighted by atomic mass is 10.1. The number of aromatic hydroxyl groups is 1. The van der Waals surface area contributed by atoms with Gasteiger partial charge in [0.1, 0.15) is 23.7 Å². The van der Waals surface area contributed by atoms with Gasteiger partial charge in [-0.25, -0.2) is 0 Å². The van der Waals surface area contributed by atoms with E-state index in [1.807, 2.05) is 0 Å². The molecule has 43 heavy (non-hydrogen) atoms. The number of carbonyl (C=O) groups is 2. The molecule has 2 aromatic carbocycles. The van der Waals surface area contributed by atoms with E-state index in [9.17, 15) is 14.7 Å². The number of aromatic nitrogens is 1. The average Bonchev–Trinajstić information content (AvgIpc) is 3.34. The smallest absolute Gasteiger partial charge is 0.327 e. The zero-order chi connectivity index (χ0) is 31.4. The van der Waals surface area contributed by atoms with Crippen LogP contribution in [0.15, 0.2) is 42.5 Å². The first-order chi connectivity index (χ1) is 20.4. The summed E-state index contributed by atoms with van der Waals surface area (Å²) in [6.07, 6.45) is -0.768. The van der Waals surface area contributed by atoms with E-state index in [0.29, 0.717) is 6.54 Å². The first-order valence-electron chi connectivity index (χ1n) is 13.2. The number of nitrogen functional groups attached to an aromatic ring is 1. The molecule has 14 heteroatoms. The van der Waals surface area contributed by atoms with Crippen molar-refractivity contribution in [2.45, 2.75) is 25.5 Å². The lowest BCUT2D eigenvalue weighted by molar-refractivity contribution is -0.150. The molecule has 3 aromatic rings. The number of rotatable bonds is 10. The van der Waals surface area contributed by atoms with Gasteiger partial charge in [0.25, 0.3) is 17.7 Å². The number of amidine groups is 1. The summed E-state index contributed by atoms with van der Waals surface area (Å²) in [5.74, 6) is -7.41. The highest BCUT2D eigenvalue weighted by Gasteiger charge is 2.42. The number of pyridine rings is 1. The van der Waals surface area contributed by atoms with E-state index in [0.717, 1.165) is 0 Å². The summed E-state index contributed by atoms with van der Waals surface area (Å²) in [6.45, 7) is 2.12. The maximum atomic E-state index is 15.9. The molecule has 0 saturated carbocycles. The lowest BCUT2D eigenvalue weighted by Crippen LogP contribution is -2.43. The van der Waals surface area contributed by atoms with Crippen molar-refractivity contribution >= 4 is 17.7 Å². The first-order valence-corrected chi connectivity index (χ1v) is 13.2. The molecule has 2 heterocycles. The molecule has 4 rings (SSSR count). The number of phenols is 1. The summed E-state index contributed by atoms with van der Waals surface area (Å²) < 4.78 is 53.8. The van der Waals surface area contributed by atoms with Crippen molar-refractivity contribution in [2.75, 3.05) is 34.3 Å². The van der Waals surface area contributed by atoms with E-state index in [1.165, 1.54) is 47.4 Å². The van der Waals surface area contributed by atoms with Crippen molar-refractivity contribution in [1.29, 1.82) is 5.41 Å². The number of esters is 1. The minimum Gasteiger partial charge on any atom is -0.504 e. The summed E-state index contributed by atoms with van der Waals surface area (Å²) in [7, 11) is 4.77. The third-order valence-corrected chi connectivity index (χ3v) is 6.55. The van der Waals surface area contributed by atoms with Gasteiger partial charge in [0.15, 0.2) is 11.5 Å². The number of ether oxygens (including phenoxy) is 4. The molecule has 0 bridgehead atoms. The molecule has 2 unspecified atom stereocenters. The number of likely N-dealkylation sites (tertiary alicyclic amines) is 1. The van der Waals surface area contributed by atoms with Crippen molar-refractivity contribution in [3.8, 4) is 34.8 Å². The molecule has 1 aromatic heterocycles. The molecular formula is C29H31F2N5O7. The predicted octanol–water partition coefficient (Wildman–Crippen LogP) is 3.65. The third kappa shape index (κ3) is 6.75. The highest BCUT2D eigenvalue weighted by Crippen LogP contribution is 2.41. The van der Waals surface area contributed by atoms with Crippen LogP contribution in [0.25, 0.3) is 0 Å². The van der Waals surface area contributed by atoms with E-state index in [1.54, 1.807) is 33.0 Å².